The maximum absolute atomic E-state index is 10.9. The van der Waals surface area contributed by atoms with Crippen molar-refractivity contribution in [1.29, 1.82) is 0 Å². The molecule has 22 heavy (non-hydrogen) atoms. The van der Waals surface area contributed by atoms with Crippen LogP contribution in [0.2, 0.25) is 0 Å². The van der Waals surface area contributed by atoms with Gasteiger partial charge < -0.3 is 9.84 Å². The molecule has 2 heteroatoms. The molecule has 0 aromatic rings. The third kappa shape index (κ3) is 4.33. The fourth-order valence-corrected chi connectivity index (χ4v) is 3.41. The first kappa shape index (κ1) is 17.5. The molecule has 0 amide bonds. The molecule has 2 heterocycles. The van der Waals surface area contributed by atoms with Crippen LogP contribution in [0.5, 0.6) is 0 Å². The van der Waals surface area contributed by atoms with Crippen LogP contribution in [-0.4, -0.2) is 22.9 Å². The first-order valence-electron chi connectivity index (χ1n) is 8.70. The Morgan fingerprint density at radius 1 is 1.18 bits per heavy atom. The minimum atomic E-state index is -0.794. The molecule has 0 saturated carbocycles. The minimum Gasteiger partial charge on any atom is -0.387 e. The van der Waals surface area contributed by atoms with Gasteiger partial charge in [-0.15, -0.1) is 0 Å². The molecule has 2 aliphatic rings. The molecule has 0 aromatic heterocycles. The van der Waals surface area contributed by atoms with E-state index in [2.05, 4.69) is 45.9 Å². The van der Waals surface area contributed by atoms with E-state index in [0.29, 0.717) is 5.92 Å². The summed E-state index contributed by atoms with van der Waals surface area (Å²) in [4.78, 5) is 0. The molecule has 0 aliphatic carbocycles. The van der Waals surface area contributed by atoms with Crippen molar-refractivity contribution in [1.82, 2.24) is 0 Å². The van der Waals surface area contributed by atoms with E-state index in [1.54, 1.807) is 0 Å². The van der Waals surface area contributed by atoms with Crippen molar-refractivity contribution < 1.29 is 9.84 Å². The Balaban J connectivity index is 2.27. The van der Waals surface area contributed by atoms with Crippen LogP contribution in [0.25, 0.3) is 0 Å². The predicted octanol–water partition coefficient (Wildman–Crippen LogP) is 4.94. The van der Waals surface area contributed by atoms with Gasteiger partial charge in [-0.25, -0.2) is 0 Å². The van der Waals surface area contributed by atoms with E-state index in [4.69, 9.17) is 4.74 Å². The van der Waals surface area contributed by atoms with Crippen LogP contribution < -0.4 is 0 Å². The molecule has 0 spiro atoms. The van der Waals surface area contributed by atoms with E-state index < -0.39 is 5.60 Å². The van der Waals surface area contributed by atoms with Gasteiger partial charge in [-0.2, -0.15) is 0 Å². The number of hydrogen-bond donors (Lipinski definition) is 1. The van der Waals surface area contributed by atoms with Crippen LogP contribution in [0.4, 0.5) is 0 Å². The third-order valence-electron chi connectivity index (χ3n) is 4.99. The summed E-state index contributed by atoms with van der Waals surface area (Å²) in [6.07, 6.45) is 11.6. The standard InChI is InChI=1S/C20H32O2/c1-14(2)17-13-19-20(5,21)11-7-10-15(3)8-6-9-16(4)12-18(17)22-19/h9-10,13-14,18-19,21H,6-8,11-12H2,1-5H3/b15-10+,16-9+/t18-,19+,20-/m1/s1. The Labute approximate surface area is 136 Å². The number of rotatable bonds is 1. The van der Waals surface area contributed by atoms with E-state index in [0.717, 1.165) is 32.1 Å². The highest BCUT2D eigenvalue weighted by Crippen LogP contribution is 2.36. The monoisotopic (exact) mass is 304 g/mol. The lowest BCUT2D eigenvalue weighted by atomic mass is 9.89. The highest BCUT2D eigenvalue weighted by atomic mass is 16.5. The molecule has 2 bridgehead atoms. The Hall–Kier alpha value is -0.860. The van der Waals surface area contributed by atoms with Gasteiger partial charge >= 0.3 is 0 Å². The fourth-order valence-electron chi connectivity index (χ4n) is 3.41. The van der Waals surface area contributed by atoms with Gasteiger partial charge in [0.05, 0.1) is 11.7 Å². The Kier molecular flexibility index (Phi) is 5.68. The van der Waals surface area contributed by atoms with Crippen molar-refractivity contribution in [3.63, 3.8) is 0 Å². The molecular formula is C20H32O2. The fraction of sp³-hybridized carbons (Fsp3) is 0.700. The van der Waals surface area contributed by atoms with Gasteiger partial charge in [0.1, 0.15) is 6.10 Å². The number of ether oxygens (including phenoxy) is 1. The van der Waals surface area contributed by atoms with Crippen LogP contribution in [0.1, 0.15) is 66.7 Å². The first-order valence-corrected chi connectivity index (χ1v) is 8.70. The quantitative estimate of drug-likeness (QED) is 0.695. The van der Waals surface area contributed by atoms with Crippen LogP contribution in [0, 0.1) is 5.92 Å². The Morgan fingerprint density at radius 2 is 1.86 bits per heavy atom. The van der Waals surface area contributed by atoms with Crippen molar-refractivity contribution in [3.8, 4) is 0 Å². The molecule has 124 valence electrons. The zero-order valence-corrected chi connectivity index (χ0v) is 14.9. The summed E-state index contributed by atoms with van der Waals surface area (Å²) in [5.74, 6) is 0.466. The average molecular weight is 304 g/mol. The van der Waals surface area contributed by atoms with Crippen molar-refractivity contribution >= 4 is 0 Å². The second-order valence-corrected chi connectivity index (χ2v) is 7.61. The summed E-state index contributed by atoms with van der Waals surface area (Å²) in [6.45, 7) is 10.7. The number of hydrogen-bond acceptors (Lipinski definition) is 2. The van der Waals surface area contributed by atoms with Gasteiger partial charge in [0.15, 0.2) is 0 Å². The second kappa shape index (κ2) is 7.14. The molecule has 2 nitrogen and oxygen atoms in total. The predicted molar refractivity (Wildman–Crippen MR) is 92.8 cm³/mol. The van der Waals surface area contributed by atoms with Gasteiger partial charge in [-0.1, -0.05) is 43.2 Å². The molecule has 0 fully saturated rings. The number of aliphatic hydroxyl groups is 1. The van der Waals surface area contributed by atoms with Crippen LogP contribution >= 0.6 is 0 Å². The van der Waals surface area contributed by atoms with Gasteiger partial charge in [-0.05, 0) is 64.4 Å². The highest BCUT2D eigenvalue weighted by molar-refractivity contribution is 5.24. The van der Waals surface area contributed by atoms with Gasteiger partial charge in [0, 0.05) is 0 Å². The normalized spacial score (nSPS) is 39.0. The molecule has 0 radical (unpaired) electrons. The molecule has 3 atom stereocenters. The van der Waals surface area contributed by atoms with E-state index >= 15 is 0 Å². The Morgan fingerprint density at radius 3 is 2.55 bits per heavy atom. The van der Waals surface area contributed by atoms with E-state index in [9.17, 15) is 5.11 Å². The van der Waals surface area contributed by atoms with Crippen molar-refractivity contribution in [2.45, 2.75) is 84.5 Å². The van der Waals surface area contributed by atoms with Gasteiger partial charge in [0.2, 0.25) is 0 Å². The van der Waals surface area contributed by atoms with E-state index in [1.807, 2.05) is 6.92 Å². The number of allylic oxidation sites excluding steroid dienone is 3. The topological polar surface area (TPSA) is 29.5 Å². The molecule has 1 N–H and O–H groups in total. The smallest absolute Gasteiger partial charge is 0.105 e. The molecule has 0 saturated heterocycles. The van der Waals surface area contributed by atoms with Crippen LogP contribution in [-0.2, 0) is 4.74 Å². The lowest BCUT2D eigenvalue weighted by Gasteiger charge is -2.29. The average Bonchev–Trinajstić information content (AvgIpc) is 2.82. The summed E-state index contributed by atoms with van der Waals surface area (Å²) < 4.78 is 6.26. The maximum Gasteiger partial charge on any atom is 0.105 e. The lowest BCUT2D eigenvalue weighted by Crippen LogP contribution is -2.39. The van der Waals surface area contributed by atoms with E-state index in [-0.39, 0.29) is 12.2 Å². The molecular weight excluding hydrogens is 272 g/mol. The van der Waals surface area contributed by atoms with Crippen LogP contribution in [0.15, 0.2) is 34.9 Å². The maximum atomic E-state index is 10.9. The zero-order chi connectivity index (χ0) is 16.3. The summed E-state index contributed by atoms with van der Waals surface area (Å²) in [5.41, 5.74) is 3.37. The van der Waals surface area contributed by atoms with Crippen molar-refractivity contribution in [2.75, 3.05) is 0 Å². The SMILES string of the molecule is C/C1=C\CC[C@@](C)(O)[C@@H]2C=C(C(C)C)[C@@H](C/C(C)=C/CC1)O2. The van der Waals surface area contributed by atoms with Gasteiger partial charge in [-0.3, -0.25) is 0 Å². The minimum absolute atomic E-state index is 0.127. The molecule has 2 aliphatic heterocycles. The zero-order valence-electron chi connectivity index (χ0n) is 14.9. The summed E-state index contributed by atoms with van der Waals surface area (Å²) >= 11 is 0. The van der Waals surface area contributed by atoms with Crippen LogP contribution in [0.3, 0.4) is 0 Å². The highest BCUT2D eigenvalue weighted by Gasteiger charge is 2.39. The van der Waals surface area contributed by atoms with E-state index in [1.165, 1.54) is 16.7 Å². The largest absolute Gasteiger partial charge is 0.387 e. The Bertz CT molecular complexity index is 480. The molecule has 2 rings (SSSR count). The van der Waals surface area contributed by atoms with Crippen molar-refractivity contribution in [2.24, 2.45) is 5.92 Å². The first-order chi connectivity index (χ1) is 10.3. The molecule has 0 unspecified atom stereocenters. The second-order valence-electron chi connectivity index (χ2n) is 7.61. The third-order valence-corrected chi connectivity index (χ3v) is 4.99. The summed E-state index contributed by atoms with van der Waals surface area (Å²) in [5, 5.41) is 10.9. The molecule has 0 aromatic carbocycles. The van der Waals surface area contributed by atoms with Gasteiger partial charge in [0.25, 0.3) is 0 Å². The summed E-state index contributed by atoms with van der Waals surface area (Å²) in [7, 11) is 0. The van der Waals surface area contributed by atoms with Crippen molar-refractivity contribution in [3.05, 3.63) is 34.9 Å². The lowest BCUT2D eigenvalue weighted by molar-refractivity contribution is -0.0860. The number of fused-ring (bicyclic) bond motifs is 2. The summed E-state index contributed by atoms with van der Waals surface area (Å²) in [6, 6.07) is 0.